The van der Waals surface area contributed by atoms with E-state index in [1.807, 2.05) is 6.07 Å². The fourth-order valence-electron chi connectivity index (χ4n) is 1.65. The molecule has 1 aromatic heterocycles. The van der Waals surface area contributed by atoms with E-state index in [9.17, 15) is 8.42 Å². The van der Waals surface area contributed by atoms with Crippen molar-refractivity contribution >= 4 is 38.3 Å². The van der Waals surface area contributed by atoms with Crippen molar-refractivity contribution in [1.29, 1.82) is 0 Å². The monoisotopic (exact) mass is 300 g/mol. The number of nitrogens with zero attached hydrogens (tertiary/aromatic N) is 2. The number of primary sulfonamides is 1. The maximum absolute atomic E-state index is 10.8. The number of sulfonamides is 1. The number of nitrogens with one attached hydrogen (secondary N) is 1. The third kappa shape index (κ3) is 4.02. The number of nitrogens with two attached hydrogens (primary N) is 1. The molecule has 0 bridgehead atoms. The maximum atomic E-state index is 10.8. The van der Waals surface area contributed by atoms with Crippen LogP contribution in [0.1, 0.15) is 6.42 Å². The van der Waals surface area contributed by atoms with Crippen LogP contribution in [0.5, 0.6) is 0 Å². The van der Waals surface area contributed by atoms with Crippen molar-refractivity contribution in [3.63, 3.8) is 0 Å². The van der Waals surface area contributed by atoms with E-state index < -0.39 is 10.0 Å². The lowest BCUT2D eigenvalue weighted by Crippen LogP contribution is -2.18. The summed E-state index contributed by atoms with van der Waals surface area (Å²) in [5, 5.41) is 9.43. The van der Waals surface area contributed by atoms with E-state index in [0.717, 1.165) is 10.9 Å². The van der Waals surface area contributed by atoms with Crippen molar-refractivity contribution in [3.8, 4) is 0 Å². The maximum Gasteiger partial charge on any atom is 0.209 e. The molecule has 0 aliphatic heterocycles. The molecule has 3 N–H and O–H groups in total. The standard InChI is InChI=1S/C11H13ClN4O2S/c12-8-2-3-9-10(6-8)15-7-16-11(9)14-4-1-5-19(13,17)18/h2-3,6-7H,1,4-5H2,(H2,13,17,18)(H,14,15,16). The molecule has 19 heavy (non-hydrogen) atoms. The molecule has 0 radical (unpaired) electrons. The molecular formula is C11H13ClN4O2S. The van der Waals surface area contributed by atoms with Gasteiger partial charge in [0.15, 0.2) is 0 Å². The second-order valence-corrected chi connectivity index (χ2v) is 6.20. The molecule has 2 rings (SSSR count). The van der Waals surface area contributed by atoms with Crippen LogP contribution in [0.2, 0.25) is 5.02 Å². The summed E-state index contributed by atoms with van der Waals surface area (Å²) in [5.41, 5.74) is 0.733. The Morgan fingerprint density at radius 3 is 2.84 bits per heavy atom. The number of halogens is 1. The highest BCUT2D eigenvalue weighted by Crippen LogP contribution is 2.22. The van der Waals surface area contributed by atoms with Crippen LogP contribution in [0, 0.1) is 0 Å². The minimum Gasteiger partial charge on any atom is -0.369 e. The zero-order valence-corrected chi connectivity index (χ0v) is 11.6. The highest BCUT2D eigenvalue weighted by Gasteiger charge is 2.05. The van der Waals surface area contributed by atoms with Gasteiger partial charge in [0, 0.05) is 17.0 Å². The molecule has 1 aromatic carbocycles. The predicted octanol–water partition coefficient (Wildman–Crippen LogP) is 1.37. The van der Waals surface area contributed by atoms with Crippen LogP contribution in [-0.4, -0.2) is 30.7 Å². The number of hydrogen-bond donors (Lipinski definition) is 2. The molecule has 0 atom stereocenters. The SMILES string of the molecule is NS(=O)(=O)CCCNc1ncnc2cc(Cl)ccc12. The minimum absolute atomic E-state index is 0.0607. The number of hydrogen-bond acceptors (Lipinski definition) is 5. The quantitative estimate of drug-likeness (QED) is 0.813. The van der Waals surface area contributed by atoms with Crippen LogP contribution >= 0.6 is 11.6 Å². The lowest BCUT2D eigenvalue weighted by Gasteiger charge is -2.07. The van der Waals surface area contributed by atoms with Gasteiger partial charge in [0.2, 0.25) is 10.0 Å². The van der Waals surface area contributed by atoms with E-state index in [1.54, 1.807) is 12.1 Å². The molecule has 0 unspecified atom stereocenters. The molecule has 0 saturated heterocycles. The molecule has 8 heteroatoms. The number of rotatable bonds is 5. The first-order chi connectivity index (χ1) is 8.96. The summed E-state index contributed by atoms with van der Waals surface area (Å²) >= 11 is 5.89. The van der Waals surface area contributed by atoms with Gasteiger partial charge in [0.25, 0.3) is 0 Å². The van der Waals surface area contributed by atoms with Crippen LogP contribution in [0.15, 0.2) is 24.5 Å². The van der Waals surface area contributed by atoms with Crippen LogP contribution in [0.4, 0.5) is 5.82 Å². The van der Waals surface area contributed by atoms with Crippen molar-refractivity contribution in [1.82, 2.24) is 9.97 Å². The van der Waals surface area contributed by atoms with Gasteiger partial charge in [-0.3, -0.25) is 0 Å². The highest BCUT2D eigenvalue weighted by atomic mass is 35.5. The Morgan fingerprint density at radius 2 is 2.11 bits per heavy atom. The molecule has 0 amide bonds. The van der Waals surface area contributed by atoms with E-state index in [2.05, 4.69) is 15.3 Å². The molecule has 2 aromatic rings. The average Bonchev–Trinajstić information content (AvgIpc) is 2.33. The van der Waals surface area contributed by atoms with Gasteiger partial charge in [-0.25, -0.2) is 23.5 Å². The van der Waals surface area contributed by atoms with Gasteiger partial charge < -0.3 is 5.32 Å². The topological polar surface area (TPSA) is 98.0 Å². The van der Waals surface area contributed by atoms with Gasteiger partial charge in [-0.1, -0.05) is 11.6 Å². The summed E-state index contributed by atoms with van der Waals surface area (Å²) in [5.74, 6) is 0.588. The Morgan fingerprint density at radius 1 is 1.32 bits per heavy atom. The molecule has 0 saturated carbocycles. The van der Waals surface area contributed by atoms with Crippen LogP contribution in [-0.2, 0) is 10.0 Å². The van der Waals surface area contributed by atoms with Gasteiger partial charge >= 0.3 is 0 Å². The van der Waals surface area contributed by atoms with Crippen LogP contribution < -0.4 is 10.5 Å². The summed E-state index contributed by atoms with van der Waals surface area (Å²) < 4.78 is 21.6. The minimum atomic E-state index is -3.42. The van der Waals surface area contributed by atoms with E-state index in [1.165, 1.54) is 6.33 Å². The van der Waals surface area contributed by atoms with Gasteiger partial charge in [0.1, 0.15) is 12.1 Å². The number of fused-ring (bicyclic) bond motifs is 1. The van der Waals surface area contributed by atoms with E-state index in [0.29, 0.717) is 23.8 Å². The van der Waals surface area contributed by atoms with Gasteiger partial charge in [-0.2, -0.15) is 0 Å². The first-order valence-corrected chi connectivity index (χ1v) is 7.70. The first-order valence-electron chi connectivity index (χ1n) is 5.60. The van der Waals surface area contributed by atoms with Gasteiger partial charge in [-0.05, 0) is 24.6 Å². The van der Waals surface area contributed by atoms with E-state index in [4.69, 9.17) is 16.7 Å². The second kappa shape index (κ2) is 5.68. The molecule has 0 spiro atoms. The average molecular weight is 301 g/mol. The Bertz CT molecular complexity index is 690. The Kier molecular flexibility index (Phi) is 4.18. The third-order valence-corrected chi connectivity index (χ3v) is 3.59. The summed E-state index contributed by atoms with van der Waals surface area (Å²) in [6, 6.07) is 5.32. The predicted molar refractivity (Wildman–Crippen MR) is 75.6 cm³/mol. The lowest BCUT2D eigenvalue weighted by atomic mass is 10.2. The van der Waals surface area contributed by atoms with Crippen molar-refractivity contribution in [3.05, 3.63) is 29.5 Å². The zero-order valence-electron chi connectivity index (χ0n) is 10.0. The zero-order chi connectivity index (χ0) is 13.9. The summed E-state index contributed by atoms with van der Waals surface area (Å²) in [6.07, 6.45) is 1.85. The number of aromatic nitrogens is 2. The van der Waals surface area contributed by atoms with Crippen molar-refractivity contribution in [2.75, 3.05) is 17.6 Å². The van der Waals surface area contributed by atoms with Crippen LogP contribution in [0.25, 0.3) is 10.9 Å². The Labute approximate surface area is 116 Å². The van der Waals surface area contributed by atoms with Crippen LogP contribution in [0.3, 0.4) is 0 Å². The summed E-state index contributed by atoms with van der Waals surface area (Å²) in [7, 11) is -3.42. The molecule has 0 aliphatic carbocycles. The summed E-state index contributed by atoms with van der Waals surface area (Å²) in [6.45, 7) is 0.463. The Hall–Kier alpha value is -1.44. The summed E-state index contributed by atoms with van der Waals surface area (Å²) in [4.78, 5) is 8.24. The van der Waals surface area contributed by atoms with Crippen molar-refractivity contribution in [2.45, 2.75) is 6.42 Å². The largest absolute Gasteiger partial charge is 0.369 e. The molecular weight excluding hydrogens is 288 g/mol. The lowest BCUT2D eigenvalue weighted by molar-refractivity contribution is 0.596. The number of benzene rings is 1. The third-order valence-electron chi connectivity index (χ3n) is 2.50. The molecule has 0 fully saturated rings. The molecule has 6 nitrogen and oxygen atoms in total. The fraction of sp³-hybridized carbons (Fsp3) is 0.273. The normalized spacial score (nSPS) is 11.7. The van der Waals surface area contributed by atoms with Gasteiger partial charge in [0.05, 0.1) is 11.3 Å². The number of anilines is 1. The smallest absolute Gasteiger partial charge is 0.209 e. The Balaban J connectivity index is 2.09. The molecule has 0 aliphatic rings. The van der Waals surface area contributed by atoms with E-state index in [-0.39, 0.29) is 5.75 Å². The molecule has 102 valence electrons. The fourth-order valence-corrected chi connectivity index (χ4v) is 2.36. The molecule has 1 heterocycles. The highest BCUT2D eigenvalue weighted by molar-refractivity contribution is 7.89. The van der Waals surface area contributed by atoms with Gasteiger partial charge in [-0.15, -0.1) is 0 Å². The van der Waals surface area contributed by atoms with Crippen molar-refractivity contribution in [2.24, 2.45) is 5.14 Å². The van der Waals surface area contributed by atoms with Crippen molar-refractivity contribution < 1.29 is 8.42 Å². The van der Waals surface area contributed by atoms with E-state index >= 15 is 0 Å². The second-order valence-electron chi connectivity index (χ2n) is 4.03. The first kappa shape index (κ1) is 14.0.